The van der Waals surface area contributed by atoms with E-state index >= 15 is 0 Å². The summed E-state index contributed by atoms with van der Waals surface area (Å²) in [6, 6.07) is 3.39. The number of carbonyl (C=O) groups is 1. The number of hydrogen-bond acceptors (Lipinski definition) is 4. The zero-order chi connectivity index (χ0) is 13.6. The van der Waals surface area contributed by atoms with Gasteiger partial charge in [0.2, 0.25) is 0 Å². The van der Waals surface area contributed by atoms with Crippen molar-refractivity contribution in [3.05, 3.63) is 23.7 Å². The molecule has 0 fully saturated rings. The van der Waals surface area contributed by atoms with Crippen molar-refractivity contribution in [3.8, 4) is 0 Å². The Kier molecular flexibility index (Phi) is 7.75. The van der Waals surface area contributed by atoms with Gasteiger partial charge in [-0.15, -0.1) is 12.4 Å². The van der Waals surface area contributed by atoms with Crippen LogP contribution in [0.3, 0.4) is 0 Å². The Bertz CT molecular complexity index is 381. The molecule has 3 N–H and O–H groups in total. The molecule has 1 amide bonds. The molecule has 0 aliphatic heterocycles. The zero-order valence-corrected chi connectivity index (χ0v) is 12.5. The van der Waals surface area contributed by atoms with Gasteiger partial charge < -0.3 is 20.2 Å². The van der Waals surface area contributed by atoms with E-state index in [9.17, 15) is 4.79 Å². The molecule has 6 heteroatoms. The van der Waals surface area contributed by atoms with Crippen LogP contribution in [0, 0.1) is 0 Å². The van der Waals surface area contributed by atoms with E-state index in [2.05, 4.69) is 5.32 Å². The Labute approximate surface area is 120 Å². The molecule has 0 atom stereocenters. The van der Waals surface area contributed by atoms with Gasteiger partial charge in [0.15, 0.2) is 5.76 Å². The largest absolute Gasteiger partial charge is 0.453 e. The summed E-state index contributed by atoms with van der Waals surface area (Å²) in [5.41, 5.74) is 5.39. The fourth-order valence-electron chi connectivity index (χ4n) is 1.79. The standard InChI is InChI=1S/C13H22N2O3.ClH/c1-4-13(5-2,9-14)15-12(16)11-7-6-10(18-11)8-17-3;/h6-7H,4-5,8-9,14H2,1-3H3,(H,15,16);1H. The van der Waals surface area contributed by atoms with Gasteiger partial charge in [0.25, 0.3) is 5.91 Å². The highest BCUT2D eigenvalue weighted by molar-refractivity contribution is 5.92. The van der Waals surface area contributed by atoms with E-state index in [-0.39, 0.29) is 23.9 Å². The van der Waals surface area contributed by atoms with Crippen LogP contribution in [0.25, 0.3) is 0 Å². The maximum absolute atomic E-state index is 12.1. The van der Waals surface area contributed by atoms with Crippen LogP contribution in [0.2, 0.25) is 0 Å². The lowest BCUT2D eigenvalue weighted by atomic mass is 9.93. The molecule has 0 bridgehead atoms. The predicted molar refractivity (Wildman–Crippen MR) is 76.5 cm³/mol. The summed E-state index contributed by atoms with van der Waals surface area (Å²) in [6.45, 7) is 4.79. The number of hydrogen-bond donors (Lipinski definition) is 2. The molecule has 1 aromatic heterocycles. The molecule has 0 aromatic carbocycles. The van der Waals surface area contributed by atoms with Crippen LogP contribution in [0.15, 0.2) is 16.5 Å². The van der Waals surface area contributed by atoms with Crippen molar-refractivity contribution >= 4 is 18.3 Å². The molecule has 0 radical (unpaired) electrons. The van der Waals surface area contributed by atoms with Crippen molar-refractivity contribution in [2.45, 2.75) is 38.8 Å². The lowest BCUT2D eigenvalue weighted by molar-refractivity contribution is 0.0858. The molecule has 0 unspecified atom stereocenters. The number of amides is 1. The SMILES string of the molecule is CCC(CC)(CN)NC(=O)c1ccc(COC)o1.Cl. The minimum absolute atomic E-state index is 0. The Morgan fingerprint density at radius 2 is 2.05 bits per heavy atom. The van der Waals surface area contributed by atoms with E-state index in [1.54, 1.807) is 19.2 Å². The molecule has 0 saturated carbocycles. The zero-order valence-electron chi connectivity index (χ0n) is 11.7. The average molecular weight is 291 g/mol. The molecule has 0 aliphatic carbocycles. The number of rotatable bonds is 7. The van der Waals surface area contributed by atoms with Gasteiger partial charge in [0, 0.05) is 13.7 Å². The summed E-state index contributed by atoms with van der Waals surface area (Å²) in [5, 5.41) is 2.95. The van der Waals surface area contributed by atoms with E-state index in [0.717, 1.165) is 12.8 Å². The molecular weight excluding hydrogens is 268 g/mol. The smallest absolute Gasteiger partial charge is 0.287 e. The summed E-state index contributed by atoms with van der Waals surface area (Å²) >= 11 is 0. The monoisotopic (exact) mass is 290 g/mol. The summed E-state index contributed by atoms with van der Waals surface area (Å²) in [4.78, 5) is 12.1. The van der Waals surface area contributed by atoms with Gasteiger partial charge in [0.1, 0.15) is 12.4 Å². The summed E-state index contributed by atoms with van der Waals surface area (Å²) in [5.74, 6) is 0.697. The molecule has 19 heavy (non-hydrogen) atoms. The molecule has 1 heterocycles. The lowest BCUT2D eigenvalue weighted by Crippen LogP contribution is -2.52. The number of nitrogens with one attached hydrogen (secondary N) is 1. The second-order valence-corrected chi connectivity index (χ2v) is 4.34. The van der Waals surface area contributed by atoms with Gasteiger partial charge in [-0.25, -0.2) is 0 Å². The second kappa shape index (κ2) is 8.19. The van der Waals surface area contributed by atoms with Crippen LogP contribution in [-0.4, -0.2) is 25.1 Å². The first kappa shape index (κ1) is 18.0. The predicted octanol–water partition coefficient (Wildman–Crippen LogP) is 2.10. The Morgan fingerprint density at radius 1 is 1.42 bits per heavy atom. The van der Waals surface area contributed by atoms with Crippen LogP contribution in [0.1, 0.15) is 43.0 Å². The van der Waals surface area contributed by atoms with Crippen molar-refractivity contribution in [1.82, 2.24) is 5.32 Å². The number of nitrogens with two attached hydrogens (primary N) is 1. The topological polar surface area (TPSA) is 77.5 Å². The molecule has 0 saturated heterocycles. The van der Waals surface area contributed by atoms with E-state index in [0.29, 0.717) is 24.7 Å². The third kappa shape index (κ3) is 4.53. The first-order valence-corrected chi connectivity index (χ1v) is 6.21. The van der Waals surface area contributed by atoms with Gasteiger partial charge in [-0.1, -0.05) is 13.8 Å². The van der Waals surface area contributed by atoms with E-state index in [1.165, 1.54) is 0 Å². The van der Waals surface area contributed by atoms with E-state index in [1.807, 2.05) is 13.8 Å². The Morgan fingerprint density at radius 3 is 2.53 bits per heavy atom. The van der Waals surface area contributed by atoms with Gasteiger partial charge in [0.05, 0.1) is 5.54 Å². The van der Waals surface area contributed by atoms with Crippen LogP contribution >= 0.6 is 12.4 Å². The third-order valence-corrected chi connectivity index (χ3v) is 3.30. The Hall–Kier alpha value is -1.04. The average Bonchev–Trinajstić information content (AvgIpc) is 2.85. The number of methoxy groups -OCH3 is 1. The van der Waals surface area contributed by atoms with Crippen LogP contribution in [0.5, 0.6) is 0 Å². The lowest BCUT2D eigenvalue weighted by Gasteiger charge is -2.30. The molecule has 110 valence electrons. The number of carbonyl (C=O) groups excluding carboxylic acids is 1. The Balaban J connectivity index is 0.00000324. The highest BCUT2D eigenvalue weighted by Gasteiger charge is 2.27. The highest BCUT2D eigenvalue weighted by Crippen LogP contribution is 2.16. The van der Waals surface area contributed by atoms with Crippen LogP contribution in [0.4, 0.5) is 0 Å². The van der Waals surface area contributed by atoms with Crippen molar-refractivity contribution in [2.24, 2.45) is 5.73 Å². The van der Waals surface area contributed by atoms with E-state index in [4.69, 9.17) is 14.9 Å². The maximum Gasteiger partial charge on any atom is 0.287 e. The quantitative estimate of drug-likeness (QED) is 0.806. The van der Waals surface area contributed by atoms with Gasteiger partial charge in [-0.2, -0.15) is 0 Å². The van der Waals surface area contributed by atoms with Crippen molar-refractivity contribution in [2.75, 3.05) is 13.7 Å². The normalized spacial score (nSPS) is 10.9. The molecule has 1 rings (SSSR count). The molecule has 0 aliphatic rings. The molecular formula is C13H23ClN2O3. The fourth-order valence-corrected chi connectivity index (χ4v) is 1.79. The summed E-state index contributed by atoms with van der Waals surface area (Å²) in [6.07, 6.45) is 1.58. The van der Waals surface area contributed by atoms with Crippen molar-refractivity contribution < 1.29 is 13.9 Å². The number of halogens is 1. The van der Waals surface area contributed by atoms with Crippen LogP contribution < -0.4 is 11.1 Å². The van der Waals surface area contributed by atoms with Crippen molar-refractivity contribution in [3.63, 3.8) is 0 Å². The highest BCUT2D eigenvalue weighted by atomic mass is 35.5. The number of furan rings is 1. The van der Waals surface area contributed by atoms with Gasteiger partial charge >= 0.3 is 0 Å². The van der Waals surface area contributed by atoms with E-state index < -0.39 is 0 Å². The fraction of sp³-hybridized carbons (Fsp3) is 0.615. The van der Waals surface area contributed by atoms with Gasteiger partial charge in [-0.3, -0.25) is 4.79 Å². The second-order valence-electron chi connectivity index (χ2n) is 4.34. The minimum Gasteiger partial charge on any atom is -0.453 e. The first-order chi connectivity index (χ1) is 8.60. The summed E-state index contributed by atoms with van der Waals surface area (Å²) in [7, 11) is 1.58. The van der Waals surface area contributed by atoms with Crippen molar-refractivity contribution in [1.29, 1.82) is 0 Å². The molecule has 5 nitrogen and oxygen atoms in total. The third-order valence-electron chi connectivity index (χ3n) is 3.30. The van der Waals surface area contributed by atoms with Crippen LogP contribution in [-0.2, 0) is 11.3 Å². The summed E-state index contributed by atoms with van der Waals surface area (Å²) < 4.78 is 10.3. The maximum atomic E-state index is 12.1. The number of ether oxygens (including phenoxy) is 1. The first-order valence-electron chi connectivity index (χ1n) is 6.21. The molecule has 0 spiro atoms. The molecule has 1 aromatic rings. The minimum atomic E-state index is -0.356. The van der Waals surface area contributed by atoms with Gasteiger partial charge in [-0.05, 0) is 25.0 Å².